The Morgan fingerprint density at radius 1 is 1.08 bits per heavy atom. The van der Waals surface area contributed by atoms with Crippen LogP contribution < -0.4 is 5.56 Å². The number of pyridine rings is 1. The summed E-state index contributed by atoms with van der Waals surface area (Å²) in [5.74, 6) is -0.768. The first kappa shape index (κ1) is 18.5. The number of hydrogen-bond donors (Lipinski definition) is 0. The highest BCUT2D eigenvalue weighted by atomic mass is 35.5. The molecular weight excluding hydrogens is 386 g/mol. The van der Waals surface area contributed by atoms with Gasteiger partial charge in [0.15, 0.2) is 9.84 Å². The molecule has 136 valence electrons. The van der Waals surface area contributed by atoms with Crippen molar-refractivity contribution in [2.75, 3.05) is 0 Å². The third-order valence-corrected chi connectivity index (χ3v) is 5.39. The molecule has 3 rings (SSSR count). The molecule has 9 heteroatoms. The van der Waals surface area contributed by atoms with E-state index in [2.05, 4.69) is 4.98 Å². The Labute approximate surface area is 152 Å². The van der Waals surface area contributed by atoms with Crippen molar-refractivity contribution in [1.82, 2.24) is 9.38 Å². The summed E-state index contributed by atoms with van der Waals surface area (Å²) < 4.78 is 51.1. The lowest BCUT2D eigenvalue weighted by molar-refractivity contribution is 0.151. The van der Waals surface area contributed by atoms with E-state index in [4.69, 9.17) is 11.6 Å². The zero-order valence-electron chi connectivity index (χ0n) is 13.3. The monoisotopic (exact) mass is 398 g/mol. The fraction of sp³-hybridized carbons (Fsp3) is 0.176. The number of aromatic nitrogens is 2. The van der Waals surface area contributed by atoms with Gasteiger partial charge in [0.25, 0.3) is 12.0 Å². The highest BCUT2D eigenvalue weighted by Gasteiger charge is 2.16. The largest absolute Gasteiger partial charge is 0.269 e. The number of halogens is 3. The van der Waals surface area contributed by atoms with Crippen molar-refractivity contribution >= 4 is 27.1 Å². The standard InChI is InChI=1S/C17H13ClF2N2O3S/c18-13-5-6-15-21-14(7-16(23)22(15)8-13)10-26(24,25)9-11-1-3-12(4-2-11)17(19)20/h1-8,17H,9-10H2. The third kappa shape index (κ3) is 4.25. The zero-order chi connectivity index (χ0) is 18.9. The number of fused-ring (bicyclic) bond motifs is 1. The Morgan fingerprint density at radius 2 is 1.77 bits per heavy atom. The second-order valence-corrected chi connectivity index (χ2v) is 8.24. The molecule has 0 aliphatic carbocycles. The second kappa shape index (κ2) is 7.13. The number of hydrogen-bond acceptors (Lipinski definition) is 4. The van der Waals surface area contributed by atoms with Crippen molar-refractivity contribution in [3.05, 3.63) is 80.9 Å². The van der Waals surface area contributed by atoms with Crippen LogP contribution in [0.5, 0.6) is 0 Å². The Kier molecular flexibility index (Phi) is 5.06. The van der Waals surface area contributed by atoms with Crippen LogP contribution >= 0.6 is 11.6 Å². The SMILES string of the molecule is O=c1cc(CS(=O)(=O)Cc2ccc(C(F)F)cc2)nc2ccc(Cl)cn12. The van der Waals surface area contributed by atoms with Gasteiger partial charge in [0, 0.05) is 17.8 Å². The van der Waals surface area contributed by atoms with Crippen molar-refractivity contribution in [2.24, 2.45) is 0 Å². The van der Waals surface area contributed by atoms with E-state index in [0.29, 0.717) is 10.6 Å². The van der Waals surface area contributed by atoms with E-state index in [-0.39, 0.29) is 22.7 Å². The lowest BCUT2D eigenvalue weighted by atomic mass is 10.2. The maximum absolute atomic E-state index is 12.5. The summed E-state index contributed by atoms with van der Waals surface area (Å²) in [6, 6.07) is 9.29. The number of rotatable bonds is 5. The minimum absolute atomic E-state index is 0.113. The van der Waals surface area contributed by atoms with Gasteiger partial charge in [-0.1, -0.05) is 35.9 Å². The molecule has 2 heterocycles. The van der Waals surface area contributed by atoms with Crippen LogP contribution in [0.1, 0.15) is 23.2 Å². The van der Waals surface area contributed by atoms with Crippen molar-refractivity contribution in [3.8, 4) is 0 Å². The summed E-state index contributed by atoms with van der Waals surface area (Å²) in [5, 5.41) is 0.356. The van der Waals surface area contributed by atoms with Crippen molar-refractivity contribution < 1.29 is 17.2 Å². The van der Waals surface area contributed by atoms with Crippen LogP contribution in [0.3, 0.4) is 0 Å². The summed E-state index contributed by atoms with van der Waals surface area (Å²) in [6.45, 7) is 0. The van der Waals surface area contributed by atoms with Crippen LogP contribution in [-0.2, 0) is 21.3 Å². The van der Waals surface area contributed by atoms with Crippen molar-refractivity contribution in [3.63, 3.8) is 0 Å². The van der Waals surface area contributed by atoms with Gasteiger partial charge < -0.3 is 0 Å². The predicted octanol–water partition coefficient (Wildman–Crippen LogP) is 3.40. The minimum atomic E-state index is -3.64. The molecule has 5 nitrogen and oxygen atoms in total. The van der Waals surface area contributed by atoms with Crippen LogP contribution in [0.4, 0.5) is 8.78 Å². The molecule has 0 fully saturated rings. The molecule has 0 radical (unpaired) electrons. The molecule has 0 saturated heterocycles. The Bertz CT molecular complexity index is 1110. The summed E-state index contributed by atoms with van der Waals surface area (Å²) in [5.41, 5.74) is 0.173. The van der Waals surface area contributed by atoms with E-state index in [0.717, 1.165) is 6.07 Å². The van der Waals surface area contributed by atoms with Crippen LogP contribution in [0, 0.1) is 0 Å². The fourth-order valence-corrected chi connectivity index (χ4v) is 4.05. The Hall–Kier alpha value is -2.32. The lowest BCUT2D eigenvalue weighted by Gasteiger charge is -2.07. The molecule has 0 unspecified atom stereocenters. The highest BCUT2D eigenvalue weighted by molar-refractivity contribution is 7.89. The first-order chi connectivity index (χ1) is 12.2. The number of alkyl halides is 2. The fourth-order valence-electron chi connectivity index (χ4n) is 2.49. The lowest BCUT2D eigenvalue weighted by Crippen LogP contribution is -2.17. The molecule has 0 N–H and O–H groups in total. The molecule has 1 aromatic carbocycles. The molecule has 0 spiro atoms. The Balaban J connectivity index is 1.84. The quantitative estimate of drug-likeness (QED) is 0.660. The summed E-state index contributed by atoms with van der Waals surface area (Å²) >= 11 is 5.83. The first-order valence-corrected chi connectivity index (χ1v) is 9.69. The smallest absolute Gasteiger partial charge is 0.263 e. The summed E-state index contributed by atoms with van der Waals surface area (Å²) in [6.07, 6.45) is -1.21. The third-order valence-electron chi connectivity index (χ3n) is 3.66. The van der Waals surface area contributed by atoms with Crippen molar-refractivity contribution in [1.29, 1.82) is 0 Å². The molecule has 0 aliphatic heterocycles. The maximum atomic E-state index is 12.5. The predicted molar refractivity (Wildman–Crippen MR) is 94.2 cm³/mol. The van der Waals surface area contributed by atoms with Gasteiger partial charge in [-0.25, -0.2) is 22.2 Å². The van der Waals surface area contributed by atoms with Gasteiger partial charge in [-0.3, -0.25) is 9.20 Å². The van der Waals surface area contributed by atoms with E-state index in [9.17, 15) is 22.0 Å². The van der Waals surface area contributed by atoms with Crippen LogP contribution in [-0.4, -0.2) is 17.8 Å². The van der Waals surface area contributed by atoms with Crippen LogP contribution in [0.25, 0.3) is 5.65 Å². The number of sulfone groups is 1. The average molecular weight is 399 g/mol. The molecule has 3 aromatic rings. The molecule has 0 aliphatic rings. The topological polar surface area (TPSA) is 68.5 Å². The van der Waals surface area contributed by atoms with E-state index < -0.39 is 27.6 Å². The van der Waals surface area contributed by atoms with Crippen LogP contribution in [0.15, 0.2) is 53.5 Å². The van der Waals surface area contributed by atoms with E-state index in [1.165, 1.54) is 40.9 Å². The van der Waals surface area contributed by atoms with Gasteiger partial charge in [-0.05, 0) is 17.7 Å². The molecule has 2 aromatic heterocycles. The molecule has 0 bridgehead atoms. The average Bonchev–Trinajstić information content (AvgIpc) is 2.55. The van der Waals surface area contributed by atoms with Crippen LogP contribution in [0.2, 0.25) is 5.02 Å². The first-order valence-electron chi connectivity index (χ1n) is 7.49. The van der Waals surface area contributed by atoms with Gasteiger partial charge in [0.05, 0.1) is 22.2 Å². The van der Waals surface area contributed by atoms with Gasteiger partial charge in [-0.2, -0.15) is 0 Å². The van der Waals surface area contributed by atoms with Gasteiger partial charge in [0.2, 0.25) is 0 Å². The van der Waals surface area contributed by atoms with E-state index >= 15 is 0 Å². The molecule has 0 atom stereocenters. The summed E-state index contributed by atoms with van der Waals surface area (Å²) in [7, 11) is -3.64. The van der Waals surface area contributed by atoms with E-state index in [1.807, 2.05) is 0 Å². The number of benzene rings is 1. The van der Waals surface area contributed by atoms with Gasteiger partial charge in [0.1, 0.15) is 5.65 Å². The van der Waals surface area contributed by atoms with Crippen molar-refractivity contribution in [2.45, 2.75) is 17.9 Å². The van der Waals surface area contributed by atoms with E-state index in [1.54, 1.807) is 6.07 Å². The zero-order valence-corrected chi connectivity index (χ0v) is 14.8. The molecular formula is C17H13ClF2N2O3S. The second-order valence-electron chi connectivity index (χ2n) is 5.74. The molecule has 26 heavy (non-hydrogen) atoms. The van der Waals surface area contributed by atoms with Gasteiger partial charge in [-0.15, -0.1) is 0 Å². The van der Waals surface area contributed by atoms with Gasteiger partial charge >= 0.3 is 0 Å². The maximum Gasteiger partial charge on any atom is 0.263 e. The molecule has 0 saturated carbocycles. The molecule has 0 amide bonds. The summed E-state index contributed by atoms with van der Waals surface area (Å²) in [4.78, 5) is 16.3. The normalized spacial score (nSPS) is 12.0. The minimum Gasteiger partial charge on any atom is -0.269 e. The Morgan fingerprint density at radius 3 is 2.42 bits per heavy atom. The highest BCUT2D eigenvalue weighted by Crippen LogP contribution is 2.20. The number of nitrogens with zero attached hydrogens (tertiary/aromatic N) is 2.